The van der Waals surface area contributed by atoms with Crippen molar-refractivity contribution in [3.8, 4) is 0 Å². The average molecular weight is 188 g/mol. The van der Waals surface area contributed by atoms with Crippen LogP contribution >= 0.6 is 0 Å². The molecule has 0 rings (SSSR count). The normalized spacial score (nSPS) is 10.1. The van der Waals surface area contributed by atoms with Crippen LogP contribution in [0.4, 0.5) is 17.3 Å². The van der Waals surface area contributed by atoms with Crippen molar-refractivity contribution in [1.29, 1.82) is 0 Å². The molecule has 0 aromatic carbocycles. The second-order valence-electron chi connectivity index (χ2n) is 2.06. The van der Waals surface area contributed by atoms with E-state index < -0.39 is 7.25 Å². The Hall–Kier alpha value is -0.745. The van der Waals surface area contributed by atoms with Gasteiger partial charge in [-0.2, -0.15) is 0 Å². The van der Waals surface area contributed by atoms with Crippen molar-refractivity contribution < 1.29 is 22.1 Å². The minimum absolute atomic E-state index is 0.193. The minimum atomic E-state index is -6.00. The molecule has 74 valence electrons. The lowest BCUT2D eigenvalue weighted by atomic mass is 10.2. The first-order chi connectivity index (χ1) is 5.27. The number of nitrogens with two attached hydrogens (primary N) is 1. The van der Waals surface area contributed by atoms with Gasteiger partial charge in [0, 0.05) is 6.42 Å². The predicted octanol–water partition coefficient (Wildman–Crippen LogP) is 1.96. The van der Waals surface area contributed by atoms with E-state index in [4.69, 9.17) is 5.73 Å². The van der Waals surface area contributed by atoms with Crippen molar-refractivity contribution in [2.75, 3.05) is 0 Å². The van der Waals surface area contributed by atoms with Crippen molar-refractivity contribution in [2.45, 2.75) is 26.2 Å². The first-order valence-corrected chi connectivity index (χ1v) is 3.43. The van der Waals surface area contributed by atoms with Gasteiger partial charge in [0.05, 0.1) is 0 Å². The van der Waals surface area contributed by atoms with Gasteiger partial charge >= 0.3 is 7.25 Å². The first-order valence-electron chi connectivity index (χ1n) is 3.43. The quantitative estimate of drug-likeness (QED) is 0.533. The van der Waals surface area contributed by atoms with Gasteiger partial charge in [-0.1, -0.05) is 13.3 Å². The third-order valence-corrected chi connectivity index (χ3v) is 0.777. The zero-order valence-corrected chi connectivity index (χ0v) is 6.70. The lowest BCUT2D eigenvalue weighted by Gasteiger charge is -1.94. The summed E-state index contributed by atoms with van der Waals surface area (Å²) >= 11 is 0. The molecule has 0 radical (unpaired) electrons. The molecule has 0 heterocycles. The summed E-state index contributed by atoms with van der Waals surface area (Å²) in [6, 6.07) is 0. The van der Waals surface area contributed by atoms with Gasteiger partial charge in [0.2, 0.25) is 5.91 Å². The van der Waals surface area contributed by atoms with E-state index in [-0.39, 0.29) is 5.91 Å². The van der Waals surface area contributed by atoms with Gasteiger partial charge in [0.25, 0.3) is 0 Å². The summed E-state index contributed by atoms with van der Waals surface area (Å²) in [6.45, 7) is 2.03. The lowest BCUT2D eigenvalue weighted by molar-refractivity contribution is -0.118. The summed E-state index contributed by atoms with van der Waals surface area (Å²) in [5, 5.41) is 0. The lowest BCUT2D eigenvalue weighted by Crippen LogP contribution is -2.09. The summed E-state index contributed by atoms with van der Waals surface area (Å²) in [7, 11) is -6.00. The Balaban J connectivity index is 0. The highest BCUT2D eigenvalue weighted by atomic mass is 19.5. The Morgan fingerprint density at radius 3 is 1.75 bits per heavy atom. The molecular formula is C5H11BF4NO-. The number of halogens is 4. The van der Waals surface area contributed by atoms with Crippen molar-refractivity contribution in [3.05, 3.63) is 0 Å². The largest absolute Gasteiger partial charge is 0.673 e. The van der Waals surface area contributed by atoms with Crippen LogP contribution in [-0.4, -0.2) is 13.2 Å². The monoisotopic (exact) mass is 188 g/mol. The Morgan fingerprint density at radius 1 is 1.33 bits per heavy atom. The van der Waals surface area contributed by atoms with E-state index in [1.165, 1.54) is 0 Å². The molecule has 0 aliphatic heterocycles. The number of hydrogen-bond donors (Lipinski definition) is 1. The van der Waals surface area contributed by atoms with E-state index in [2.05, 4.69) is 0 Å². The van der Waals surface area contributed by atoms with Gasteiger partial charge in [-0.15, -0.1) is 0 Å². The highest BCUT2D eigenvalue weighted by molar-refractivity contribution is 6.50. The maximum Gasteiger partial charge on any atom is 0.673 e. The SMILES string of the molecule is CCCCC(N)=O.F[B-](F)(F)F. The van der Waals surface area contributed by atoms with Gasteiger partial charge in [-0.05, 0) is 6.42 Å². The van der Waals surface area contributed by atoms with E-state index >= 15 is 0 Å². The second kappa shape index (κ2) is 6.93. The number of carbonyl (C=O) groups excluding carboxylic acids is 1. The van der Waals surface area contributed by atoms with Crippen molar-refractivity contribution in [1.82, 2.24) is 0 Å². The average Bonchev–Trinajstić information content (AvgIpc) is 1.79. The first kappa shape index (κ1) is 13.8. The molecule has 0 bridgehead atoms. The molecule has 0 aromatic heterocycles. The van der Waals surface area contributed by atoms with Gasteiger partial charge in [-0.3, -0.25) is 4.79 Å². The summed E-state index contributed by atoms with van der Waals surface area (Å²) in [4.78, 5) is 9.98. The maximum absolute atomic E-state index is 9.98. The summed E-state index contributed by atoms with van der Waals surface area (Å²) < 4.78 is 39.0. The molecule has 0 atom stereocenters. The molecule has 0 unspecified atom stereocenters. The van der Waals surface area contributed by atoms with Gasteiger partial charge < -0.3 is 23.0 Å². The van der Waals surface area contributed by atoms with Crippen molar-refractivity contribution in [2.24, 2.45) is 5.73 Å². The van der Waals surface area contributed by atoms with Crippen LogP contribution in [0.2, 0.25) is 0 Å². The molecular weight excluding hydrogens is 177 g/mol. The van der Waals surface area contributed by atoms with Gasteiger partial charge in [-0.25, -0.2) is 0 Å². The highest BCUT2D eigenvalue weighted by Crippen LogP contribution is 2.06. The molecule has 2 nitrogen and oxygen atoms in total. The molecule has 0 aliphatic carbocycles. The number of primary amides is 1. The molecule has 12 heavy (non-hydrogen) atoms. The molecule has 1 amide bonds. The Kier molecular flexibility index (Phi) is 7.98. The fourth-order valence-corrected chi connectivity index (χ4v) is 0.351. The van der Waals surface area contributed by atoms with Crippen LogP contribution in [0.3, 0.4) is 0 Å². The minimum Gasteiger partial charge on any atom is -0.418 e. The molecule has 2 N–H and O–H groups in total. The van der Waals surface area contributed by atoms with Crippen LogP contribution in [-0.2, 0) is 4.79 Å². The van der Waals surface area contributed by atoms with Crippen LogP contribution in [0.15, 0.2) is 0 Å². The summed E-state index contributed by atoms with van der Waals surface area (Å²) in [5.74, 6) is -0.193. The standard InChI is InChI=1S/C5H11NO.BF4/c1-2-3-4-5(6)7;2-1(3,4)5/h2-4H2,1H3,(H2,6,7);/q;-1. The fraction of sp³-hybridized carbons (Fsp3) is 0.800. The Morgan fingerprint density at radius 2 is 1.67 bits per heavy atom. The molecule has 0 saturated carbocycles. The number of carbonyl (C=O) groups is 1. The summed E-state index contributed by atoms with van der Waals surface area (Å²) in [5.41, 5.74) is 4.84. The van der Waals surface area contributed by atoms with Crippen LogP contribution < -0.4 is 5.73 Å². The fourth-order valence-electron chi connectivity index (χ4n) is 0.351. The number of amides is 1. The van der Waals surface area contributed by atoms with E-state index in [0.29, 0.717) is 6.42 Å². The molecule has 0 aliphatic rings. The molecule has 0 aromatic rings. The van der Waals surface area contributed by atoms with E-state index in [0.717, 1.165) is 12.8 Å². The Labute approximate surface area is 68.2 Å². The third-order valence-electron chi connectivity index (χ3n) is 0.777. The zero-order chi connectivity index (χ0) is 10.2. The van der Waals surface area contributed by atoms with E-state index in [9.17, 15) is 22.1 Å². The van der Waals surface area contributed by atoms with Crippen molar-refractivity contribution >= 4 is 13.2 Å². The van der Waals surface area contributed by atoms with E-state index in [1.54, 1.807) is 0 Å². The molecule has 0 saturated heterocycles. The van der Waals surface area contributed by atoms with Gasteiger partial charge in [0.1, 0.15) is 0 Å². The third kappa shape index (κ3) is 59.5. The number of rotatable bonds is 3. The van der Waals surface area contributed by atoms with E-state index in [1.807, 2.05) is 6.92 Å². The van der Waals surface area contributed by atoms with Crippen molar-refractivity contribution in [3.63, 3.8) is 0 Å². The smallest absolute Gasteiger partial charge is 0.418 e. The second-order valence-corrected chi connectivity index (χ2v) is 2.06. The predicted molar refractivity (Wildman–Crippen MR) is 38.9 cm³/mol. The van der Waals surface area contributed by atoms with Crippen LogP contribution in [0.5, 0.6) is 0 Å². The maximum atomic E-state index is 9.98. The van der Waals surface area contributed by atoms with Crippen LogP contribution in [0, 0.1) is 0 Å². The van der Waals surface area contributed by atoms with Crippen LogP contribution in [0.25, 0.3) is 0 Å². The highest BCUT2D eigenvalue weighted by Gasteiger charge is 2.20. The number of unbranched alkanes of at least 4 members (excludes halogenated alkanes) is 1. The zero-order valence-electron chi connectivity index (χ0n) is 6.70. The topological polar surface area (TPSA) is 43.1 Å². The summed E-state index contributed by atoms with van der Waals surface area (Å²) in [6.07, 6.45) is 2.51. The molecule has 7 heteroatoms. The van der Waals surface area contributed by atoms with Gasteiger partial charge in [0.15, 0.2) is 0 Å². The number of hydrogen-bond acceptors (Lipinski definition) is 1. The Bertz CT molecular complexity index is 121. The van der Waals surface area contributed by atoms with Crippen LogP contribution in [0.1, 0.15) is 26.2 Å². The molecule has 0 spiro atoms. The molecule has 0 fully saturated rings.